The number of hydrogen-bond acceptors (Lipinski definition) is 1. The van der Waals surface area contributed by atoms with Crippen LogP contribution in [0, 0.1) is 11.9 Å². The molecule has 0 aliphatic carbocycles. The Morgan fingerprint density at radius 1 is 1.60 bits per heavy atom. The minimum absolute atomic E-state index is 0.219. The molecule has 0 radical (unpaired) electrons. The van der Waals surface area contributed by atoms with Crippen molar-refractivity contribution in [2.75, 3.05) is 0 Å². The van der Waals surface area contributed by atoms with E-state index < -0.39 is 0 Å². The summed E-state index contributed by atoms with van der Waals surface area (Å²) in [5, 5.41) is 0. The Morgan fingerprint density at radius 2 is 2.27 bits per heavy atom. The van der Waals surface area contributed by atoms with Crippen LogP contribution in [0.4, 0.5) is 4.39 Å². The fourth-order valence-corrected chi connectivity index (χ4v) is 0.918. The van der Waals surface area contributed by atoms with Crippen molar-refractivity contribution in [1.29, 1.82) is 0 Å². The number of halogens is 2. The third-order valence-corrected chi connectivity index (χ3v) is 1.92. The Morgan fingerprint density at radius 3 is 2.80 bits per heavy atom. The van der Waals surface area contributed by atoms with Crippen molar-refractivity contribution in [1.82, 2.24) is 0 Å². The van der Waals surface area contributed by atoms with Crippen molar-refractivity contribution >= 4 is 13.6 Å². The SMILES string of the molecule is CCC(C)OCc1[c-]ccc(F)c1.[Zn+][Br]. The van der Waals surface area contributed by atoms with E-state index in [-0.39, 0.29) is 11.9 Å². The van der Waals surface area contributed by atoms with Gasteiger partial charge in [0.05, 0.1) is 6.10 Å². The van der Waals surface area contributed by atoms with Crippen LogP contribution in [0.1, 0.15) is 25.8 Å². The number of rotatable bonds is 4. The number of ether oxygens (including phenoxy) is 1. The molecular formula is C11H14BrFOZn. The summed E-state index contributed by atoms with van der Waals surface area (Å²) in [5.74, 6) is -0.235. The van der Waals surface area contributed by atoms with Crippen LogP contribution in [0.2, 0.25) is 0 Å². The van der Waals surface area contributed by atoms with Crippen molar-refractivity contribution in [2.45, 2.75) is 33.0 Å². The van der Waals surface area contributed by atoms with E-state index in [0.29, 0.717) is 6.61 Å². The molecule has 80 valence electrons. The summed E-state index contributed by atoms with van der Waals surface area (Å²) in [6.07, 6.45) is 1.19. The van der Waals surface area contributed by atoms with Gasteiger partial charge in [-0.1, -0.05) is 6.92 Å². The van der Waals surface area contributed by atoms with Crippen molar-refractivity contribution in [2.24, 2.45) is 0 Å². The minimum atomic E-state index is -0.235. The van der Waals surface area contributed by atoms with Gasteiger partial charge in [0.2, 0.25) is 0 Å². The van der Waals surface area contributed by atoms with Crippen LogP contribution in [0.3, 0.4) is 0 Å². The second-order valence-electron chi connectivity index (χ2n) is 3.06. The first kappa shape index (κ1) is 15.2. The molecule has 1 aromatic carbocycles. The van der Waals surface area contributed by atoms with Crippen molar-refractivity contribution in [3.63, 3.8) is 0 Å². The molecule has 1 nitrogen and oxygen atoms in total. The molecule has 1 rings (SSSR count). The van der Waals surface area contributed by atoms with E-state index in [1.807, 2.05) is 6.92 Å². The maximum absolute atomic E-state index is 12.7. The summed E-state index contributed by atoms with van der Waals surface area (Å²) in [5.41, 5.74) is 0.764. The van der Waals surface area contributed by atoms with Gasteiger partial charge in [-0.05, 0) is 13.3 Å². The molecule has 0 saturated carbocycles. The van der Waals surface area contributed by atoms with Gasteiger partial charge < -0.3 is 4.74 Å². The zero-order chi connectivity index (χ0) is 11.7. The van der Waals surface area contributed by atoms with Gasteiger partial charge in [-0.2, -0.15) is 12.1 Å². The van der Waals surface area contributed by atoms with Gasteiger partial charge in [0.25, 0.3) is 0 Å². The van der Waals surface area contributed by atoms with Crippen molar-refractivity contribution in [3.8, 4) is 0 Å². The van der Waals surface area contributed by atoms with E-state index in [1.165, 1.54) is 28.5 Å². The molecule has 0 heterocycles. The van der Waals surface area contributed by atoms with Gasteiger partial charge in [-0.3, -0.25) is 0 Å². The van der Waals surface area contributed by atoms with E-state index in [0.717, 1.165) is 12.0 Å². The zero-order valence-electron chi connectivity index (χ0n) is 9.09. The Bertz CT molecular complexity index is 271. The van der Waals surface area contributed by atoms with E-state index in [2.05, 4.69) is 26.6 Å². The molecule has 1 aromatic rings. The first-order valence-corrected chi connectivity index (χ1v) is 11.7. The molecule has 0 aromatic heterocycles. The van der Waals surface area contributed by atoms with Gasteiger partial charge in [-0.25, -0.2) is 4.39 Å². The molecule has 0 aliphatic heterocycles. The summed E-state index contributed by atoms with van der Waals surface area (Å²) in [4.78, 5) is 0. The first-order valence-electron chi connectivity index (χ1n) is 4.76. The van der Waals surface area contributed by atoms with Crippen molar-refractivity contribution < 1.29 is 25.5 Å². The monoisotopic (exact) mass is 324 g/mol. The summed E-state index contributed by atoms with van der Waals surface area (Å²) >= 11 is 4.25. The van der Waals surface area contributed by atoms with Gasteiger partial charge in [0.1, 0.15) is 0 Å². The van der Waals surface area contributed by atoms with Crippen LogP contribution in [0.25, 0.3) is 0 Å². The molecule has 1 atom stereocenters. The molecule has 0 aliphatic rings. The second-order valence-corrected chi connectivity index (χ2v) is 3.06. The van der Waals surface area contributed by atoms with Crippen LogP contribution in [-0.4, -0.2) is 6.10 Å². The standard InChI is InChI=1S/C11H14FO.BrH.Zn/c1-3-9(2)13-8-10-5-4-6-11(12)7-10;;/h4,6-7,9H,3,8H2,1-2H3;1H;/q-1;;+2/p-1. The summed E-state index contributed by atoms with van der Waals surface area (Å²) in [6, 6.07) is 7.33. The van der Waals surface area contributed by atoms with Crippen LogP contribution < -0.4 is 0 Å². The fraction of sp³-hybridized carbons (Fsp3) is 0.455. The fourth-order valence-electron chi connectivity index (χ4n) is 0.918. The van der Waals surface area contributed by atoms with Crippen molar-refractivity contribution in [3.05, 3.63) is 35.6 Å². The Labute approximate surface area is 107 Å². The summed E-state index contributed by atoms with van der Waals surface area (Å²) in [7, 11) is 0. The molecule has 0 amide bonds. The number of hydrogen-bond donors (Lipinski definition) is 0. The van der Waals surface area contributed by atoms with E-state index in [1.54, 1.807) is 6.07 Å². The van der Waals surface area contributed by atoms with Crippen LogP contribution in [0.15, 0.2) is 18.2 Å². The summed E-state index contributed by atoms with van der Waals surface area (Å²) in [6.45, 7) is 4.49. The molecule has 1 unspecified atom stereocenters. The molecular weight excluding hydrogens is 312 g/mol. The van der Waals surface area contributed by atoms with Crippen LogP contribution in [0.5, 0.6) is 0 Å². The third kappa shape index (κ3) is 7.16. The second kappa shape index (κ2) is 9.44. The Kier molecular flexibility index (Phi) is 9.57. The molecule has 0 N–H and O–H groups in total. The molecule has 4 heteroatoms. The van der Waals surface area contributed by atoms with Gasteiger partial charge in [0, 0.05) is 12.4 Å². The maximum atomic E-state index is 12.7. The first-order chi connectivity index (χ1) is 7.22. The summed E-state index contributed by atoms with van der Waals surface area (Å²) < 4.78 is 18.1. The van der Waals surface area contributed by atoms with Gasteiger partial charge >= 0.3 is 30.0 Å². The molecule has 0 saturated heterocycles. The van der Waals surface area contributed by atoms with Crippen LogP contribution >= 0.6 is 13.6 Å². The average Bonchev–Trinajstić information content (AvgIpc) is 2.29. The zero-order valence-corrected chi connectivity index (χ0v) is 13.6. The topological polar surface area (TPSA) is 9.23 Å². The molecule has 0 bridgehead atoms. The van der Waals surface area contributed by atoms with Crippen LogP contribution in [-0.2, 0) is 27.7 Å². The average molecular weight is 327 g/mol. The molecule has 0 fully saturated rings. The normalized spacial score (nSPS) is 11.6. The predicted octanol–water partition coefficient (Wildman–Crippen LogP) is 3.78. The van der Waals surface area contributed by atoms with Gasteiger partial charge in [0.15, 0.2) is 0 Å². The Balaban J connectivity index is 0.000000921. The molecule has 15 heavy (non-hydrogen) atoms. The van der Waals surface area contributed by atoms with E-state index in [4.69, 9.17) is 4.74 Å². The molecule has 0 spiro atoms. The quantitative estimate of drug-likeness (QED) is 0.604. The number of benzene rings is 1. The third-order valence-electron chi connectivity index (χ3n) is 1.92. The predicted molar refractivity (Wildman–Crippen MR) is 58.7 cm³/mol. The Hall–Kier alpha value is 0.213. The van der Waals surface area contributed by atoms with E-state index >= 15 is 0 Å². The van der Waals surface area contributed by atoms with Gasteiger partial charge in [-0.15, -0.1) is 17.7 Å². The van der Waals surface area contributed by atoms with E-state index in [9.17, 15) is 4.39 Å².